The van der Waals surface area contributed by atoms with Crippen molar-refractivity contribution in [1.29, 1.82) is 0 Å². The normalized spacial score (nSPS) is 13.6. The van der Waals surface area contributed by atoms with Gasteiger partial charge in [-0.25, -0.2) is 19.6 Å². The maximum Gasteiger partial charge on any atom is 0.408 e. The lowest BCUT2D eigenvalue weighted by Crippen LogP contribution is -2.45. The summed E-state index contributed by atoms with van der Waals surface area (Å²) < 4.78 is 21.4. The van der Waals surface area contributed by atoms with Crippen molar-refractivity contribution in [1.82, 2.24) is 15.3 Å². The molecule has 4 rings (SSSR count). The number of rotatable bonds is 6. The van der Waals surface area contributed by atoms with Gasteiger partial charge in [-0.2, -0.15) is 0 Å². The van der Waals surface area contributed by atoms with Crippen molar-refractivity contribution >= 4 is 34.5 Å². The number of alkyl carbamates (subject to hydrolysis) is 1. The average Bonchev–Trinajstić information content (AvgIpc) is 2.82. The summed E-state index contributed by atoms with van der Waals surface area (Å²) >= 11 is 0. The lowest BCUT2D eigenvalue weighted by Gasteiger charge is -2.22. The number of nitrogens with one attached hydrogen (secondary N) is 2. The van der Waals surface area contributed by atoms with Gasteiger partial charge < -0.3 is 29.6 Å². The Morgan fingerprint density at radius 2 is 1.74 bits per heavy atom. The first-order valence-corrected chi connectivity index (χ1v) is 11.2. The van der Waals surface area contributed by atoms with Gasteiger partial charge in [0.05, 0.1) is 12.6 Å². The van der Waals surface area contributed by atoms with Gasteiger partial charge in [-0.05, 0) is 44.5 Å². The molecular weight excluding hydrogens is 452 g/mol. The molecule has 1 aliphatic heterocycles. The number of ether oxygens (including phenoxy) is 4. The van der Waals surface area contributed by atoms with Crippen LogP contribution in [-0.2, 0) is 20.7 Å². The fraction of sp³-hybridized carbons (Fsp3) is 0.360. The van der Waals surface area contributed by atoms with Crippen LogP contribution in [0.25, 0.3) is 10.9 Å². The molecule has 0 aliphatic carbocycles. The number of anilines is 2. The molecule has 3 aromatic rings. The molecule has 10 heteroatoms. The van der Waals surface area contributed by atoms with E-state index < -0.39 is 23.7 Å². The van der Waals surface area contributed by atoms with Crippen molar-refractivity contribution in [3.63, 3.8) is 0 Å². The Hall–Kier alpha value is -4.08. The van der Waals surface area contributed by atoms with Crippen molar-refractivity contribution < 1.29 is 28.5 Å². The minimum Gasteiger partial charge on any atom is -0.486 e. The van der Waals surface area contributed by atoms with Crippen molar-refractivity contribution in [3.05, 3.63) is 48.3 Å². The molecule has 1 aliphatic rings. The van der Waals surface area contributed by atoms with E-state index in [2.05, 4.69) is 20.6 Å². The van der Waals surface area contributed by atoms with Crippen molar-refractivity contribution in [2.45, 2.75) is 38.8 Å². The van der Waals surface area contributed by atoms with Crippen LogP contribution in [0.15, 0.2) is 42.7 Å². The zero-order valence-corrected chi connectivity index (χ0v) is 20.1. The van der Waals surface area contributed by atoms with E-state index in [1.165, 1.54) is 13.4 Å². The van der Waals surface area contributed by atoms with E-state index in [1.807, 2.05) is 36.4 Å². The summed E-state index contributed by atoms with van der Waals surface area (Å²) in [6.45, 7) is 6.25. The highest BCUT2D eigenvalue weighted by Crippen LogP contribution is 2.36. The SMILES string of the molecule is COC(=O)[C@@H](Cc1ccc(Nc2ncnc3cc4c(cc23)OCCO4)cc1)NC(=O)OC(C)(C)C. The third-order valence-corrected chi connectivity index (χ3v) is 5.13. The number of benzene rings is 2. The largest absolute Gasteiger partial charge is 0.486 e. The molecule has 0 saturated carbocycles. The third kappa shape index (κ3) is 6.08. The average molecular weight is 481 g/mol. The second kappa shape index (κ2) is 10.0. The molecule has 2 aromatic carbocycles. The van der Waals surface area contributed by atoms with Crippen LogP contribution >= 0.6 is 0 Å². The van der Waals surface area contributed by atoms with Crippen LogP contribution < -0.4 is 20.1 Å². The maximum atomic E-state index is 12.2. The van der Waals surface area contributed by atoms with Gasteiger partial charge in [0.15, 0.2) is 11.5 Å². The molecule has 1 aromatic heterocycles. The van der Waals surface area contributed by atoms with Crippen LogP contribution in [-0.4, -0.2) is 54.0 Å². The van der Waals surface area contributed by atoms with Crippen molar-refractivity contribution in [2.75, 3.05) is 25.6 Å². The molecule has 10 nitrogen and oxygen atoms in total. The molecule has 35 heavy (non-hydrogen) atoms. The Bertz CT molecular complexity index is 1220. The quantitative estimate of drug-likeness (QED) is 0.508. The van der Waals surface area contributed by atoms with Gasteiger partial charge >= 0.3 is 12.1 Å². The van der Waals surface area contributed by atoms with E-state index in [-0.39, 0.29) is 6.42 Å². The monoisotopic (exact) mass is 480 g/mol. The number of fused-ring (bicyclic) bond motifs is 2. The molecule has 0 fully saturated rings. The van der Waals surface area contributed by atoms with Gasteiger partial charge in [0.2, 0.25) is 0 Å². The van der Waals surface area contributed by atoms with E-state index >= 15 is 0 Å². The summed E-state index contributed by atoms with van der Waals surface area (Å²) in [5.74, 6) is 1.39. The summed E-state index contributed by atoms with van der Waals surface area (Å²) in [5.41, 5.74) is 1.67. The smallest absolute Gasteiger partial charge is 0.408 e. The second-order valence-corrected chi connectivity index (χ2v) is 8.98. The van der Waals surface area contributed by atoms with E-state index in [9.17, 15) is 9.59 Å². The molecule has 0 bridgehead atoms. The van der Waals surface area contributed by atoms with Gasteiger partial charge in [-0.3, -0.25) is 0 Å². The molecular formula is C25H28N4O6. The number of hydrogen-bond acceptors (Lipinski definition) is 9. The van der Waals surface area contributed by atoms with Crippen LogP contribution in [0.2, 0.25) is 0 Å². The summed E-state index contributed by atoms with van der Waals surface area (Å²) in [6.07, 6.45) is 1.04. The predicted molar refractivity (Wildman–Crippen MR) is 129 cm³/mol. The summed E-state index contributed by atoms with van der Waals surface area (Å²) in [4.78, 5) is 33.1. The standard InChI is InChI=1S/C25H28N4O6/c1-25(2,3)35-24(31)29-19(23(30)32-4)11-15-5-7-16(8-6-15)28-22-17-12-20-21(34-10-9-33-20)13-18(17)26-14-27-22/h5-8,12-14,19H,9-11H2,1-4H3,(H,29,31)(H,26,27,28)/t19-/m1/s1. The first-order chi connectivity index (χ1) is 16.7. The van der Waals surface area contributed by atoms with E-state index in [0.29, 0.717) is 30.5 Å². The molecule has 2 heterocycles. The van der Waals surface area contributed by atoms with Gasteiger partial charge in [-0.1, -0.05) is 12.1 Å². The van der Waals surface area contributed by atoms with Crippen molar-refractivity contribution in [2.24, 2.45) is 0 Å². The number of methoxy groups -OCH3 is 1. The number of carbonyl (C=O) groups is 2. The van der Waals surface area contributed by atoms with Gasteiger partial charge in [0.1, 0.15) is 37.0 Å². The fourth-order valence-electron chi connectivity index (χ4n) is 3.57. The number of nitrogens with zero attached hydrogens (tertiary/aromatic N) is 2. The third-order valence-electron chi connectivity index (χ3n) is 5.13. The molecule has 1 amide bonds. The van der Waals surface area contributed by atoms with Crippen LogP contribution in [0, 0.1) is 0 Å². The number of esters is 1. The van der Waals surface area contributed by atoms with Gasteiger partial charge in [-0.15, -0.1) is 0 Å². The molecule has 1 atom stereocenters. The van der Waals surface area contributed by atoms with Crippen LogP contribution in [0.1, 0.15) is 26.3 Å². The first-order valence-electron chi connectivity index (χ1n) is 11.2. The number of aromatic nitrogens is 2. The van der Waals surface area contributed by atoms with E-state index in [4.69, 9.17) is 18.9 Å². The fourth-order valence-corrected chi connectivity index (χ4v) is 3.57. The molecule has 0 radical (unpaired) electrons. The second-order valence-electron chi connectivity index (χ2n) is 8.98. The zero-order valence-electron chi connectivity index (χ0n) is 20.1. The zero-order chi connectivity index (χ0) is 25.0. The first kappa shape index (κ1) is 24.1. The summed E-state index contributed by atoms with van der Waals surface area (Å²) in [7, 11) is 1.28. The summed E-state index contributed by atoms with van der Waals surface area (Å²) in [6, 6.07) is 10.3. The number of amides is 1. The Kier molecular flexibility index (Phi) is 6.90. The minimum absolute atomic E-state index is 0.242. The highest BCUT2D eigenvalue weighted by atomic mass is 16.6. The van der Waals surface area contributed by atoms with Gasteiger partial charge in [0.25, 0.3) is 0 Å². The number of carbonyl (C=O) groups excluding carboxylic acids is 2. The Morgan fingerprint density at radius 1 is 1.06 bits per heavy atom. The Labute approximate surface area is 202 Å². The van der Waals surface area contributed by atoms with Crippen LogP contribution in [0.5, 0.6) is 11.5 Å². The minimum atomic E-state index is -0.882. The van der Waals surface area contributed by atoms with Crippen molar-refractivity contribution in [3.8, 4) is 11.5 Å². The molecule has 0 saturated heterocycles. The predicted octanol–water partition coefficient (Wildman–Crippen LogP) is 3.75. The highest BCUT2D eigenvalue weighted by Gasteiger charge is 2.25. The molecule has 0 spiro atoms. The topological polar surface area (TPSA) is 121 Å². The Balaban J connectivity index is 1.48. The van der Waals surface area contributed by atoms with E-state index in [1.54, 1.807) is 20.8 Å². The van der Waals surface area contributed by atoms with E-state index in [0.717, 1.165) is 22.2 Å². The summed E-state index contributed by atoms with van der Waals surface area (Å²) in [5, 5.41) is 6.68. The van der Waals surface area contributed by atoms with Crippen LogP contribution in [0.3, 0.4) is 0 Å². The lowest BCUT2D eigenvalue weighted by molar-refractivity contribution is -0.143. The molecule has 0 unspecified atom stereocenters. The highest BCUT2D eigenvalue weighted by molar-refractivity contribution is 5.93. The van der Waals surface area contributed by atoms with Crippen LogP contribution in [0.4, 0.5) is 16.3 Å². The molecule has 184 valence electrons. The Morgan fingerprint density at radius 3 is 2.40 bits per heavy atom. The lowest BCUT2D eigenvalue weighted by atomic mass is 10.1. The maximum absolute atomic E-state index is 12.2. The molecule has 2 N–H and O–H groups in total. The van der Waals surface area contributed by atoms with Gasteiger partial charge in [0, 0.05) is 23.6 Å². The number of hydrogen-bond donors (Lipinski definition) is 2.